The van der Waals surface area contributed by atoms with E-state index in [9.17, 15) is 9.59 Å². The average Bonchev–Trinajstić information content (AvgIpc) is 3.21. The molecule has 1 amide bonds. The van der Waals surface area contributed by atoms with Crippen LogP contribution in [0.3, 0.4) is 0 Å². The summed E-state index contributed by atoms with van der Waals surface area (Å²) in [4.78, 5) is 34.8. The molecule has 0 atom stereocenters. The highest BCUT2D eigenvalue weighted by Crippen LogP contribution is 2.35. The molecule has 0 saturated carbocycles. The summed E-state index contributed by atoms with van der Waals surface area (Å²) < 4.78 is 12.7. The van der Waals surface area contributed by atoms with Gasteiger partial charge in [-0.3, -0.25) is 18.9 Å². The van der Waals surface area contributed by atoms with Crippen LogP contribution in [-0.2, 0) is 11.2 Å². The minimum atomic E-state index is -0.238. The van der Waals surface area contributed by atoms with Crippen molar-refractivity contribution in [3.63, 3.8) is 0 Å². The zero-order chi connectivity index (χ0) is 27.5. The summed E-state index contributed by atoms with van der Waals surface area (Å²) in [6, 6.07) is 19.1. The van der Waals surface area contributed by atoms with Crippen molar-refractivity contribution in [2.45, 2.75) is 23.3 Å². The molecule has 4 aromatic rings. The third-order valence-corrected chi connectivity index (χ3v) is 8.54. The lowest BCUT2D eigenvalue weighted by Gasteiger charge is -2.15. The molecule has 7 nitrogen and oxygen atoms in total. The number of ether oxygens (including phenoxy) is 2. The monoisotopic (exact) mass is 575 g/mol. The molecule has 39 heavy (non-hydrogen) atoms. The number of methoxy groups -OCH3 is 2. The summed E-state index contributed by atoms with van der Waals surface area (Å²) in [5, 5.41) is 0.533. The minimum Gasteiger partial charge on any atom is -0.493 e. The lowest BCUT2D eigenvalue weighted by molar-refractivity contribution is -0.122. The van der Waals surface area contributed by atoms with Crippen LogP contribution in [0.4, 0.5) is 0 Å². The normalized spacial score (nSPS) is 14.4. The first kappa shape index (κ1) is 27.0. The second-order valence-electron chi connectivity index (χ2n) is 8.76. The van der Waals surface area contributed by atoms with Crippen LogP contribution >= 0.6 is 35.7 Å². The number of carbonyl (C=O) groups is 1. The van der Waals surface area contributed by atoms with Crippen molar-refractivity contribution in [2.75, 3.05) is 20.8 Å². The van der Waals surface area contributed by atoms with E-state index in [1.807, 2.05) is 67.6 Å². The van der Waals surface area contributed by atoms with Crippen LogP contribution in [0.5, 0.6) is 11.5 Å². The van der Waals surface area contributed by atoms with E-state index in [1.54, 1.807) is 31.4 Å². The molecular formula is C29H25N3O4S3. The number of aryl methyl sites for hydroxylation is 1. The molecule has 0 spiro atoms. The van der Waals surface area contributed by atoms with Gasteiger partial charge in [0.25, 0.3) is 11.5 Å². The number of pyridine rings is 1. The van der Waals surface area contributed by atoms with Gasteiger partial charge in [0.1, 0.15) is 15.0 Å². The van der Waals surface area contributed by atoms with Crippen LogP contribution in [0.15, 0.2) is 86.5 Å². The van der Waals surface area contributed by atoms with Crippen molar-refractivity contribution in [3.8, 4) is 11.5 Å². The van der Waals surface area contributed by atoms with Crippen molar-refractivity contribution in [1.82, 2.24) is 14.3 Å². The van der Waals surface area contributed by atoms with Gasteiger partial charge in [0, 0.05) is 17.6 Å². The lowest BCUT2D eigenvalue weighted by Crippen LogP contribution is -2.30. The number of thioether (sulfide) groups is 1. The summed E-state index contributed by atoms with van der Waals surface area (Å²) in [7, 11) is 3.18. The highest BCUT2D eigenvalue weighted by molar-refractivity contribution is 8.26. The van der Waals surface area contributed by atoms with Gasteiger partial charge >= 0.3 is 0 Å². The minimum absolute atomic E-state index is 0.227. The SMILES string of the molecule is COc1ccc(CCN2C(=O)/C(=C\c3c(Sc4ccccc4)nc4ccc(C)cn4c3=O)SC2=S)cc1OC. The van der Waals surface area contributed by atoms with Gasteiger partial charge in [-0.05, 0) is 60.9 Å². The molecule has 1 aliphatic rings. The van der Waals surface area contributed by atoms with Crippen molar-refractivity contribution in [3.05, 3.63) is 98.8 Å². The lowest BCUT2D eigenvalue weighted by atomic mass is 10.1. The van der Waals surface area contributed by atoms with E-state index in [-0.39, 0.29) is 11.5 Å². The number of thiocarbonyl (C=S) groups is 1. The van der Waals surface area contributed by atoms with E-state index in [0.717, 1.165) is 16.0 Å². The van der Waals surface area contributed by atoms with E-state index in [2.05, 4.69) is 0 Å². The highest BCUT2D eigenvalue weighted by Gasteiger charge is 2.32. The first-order valence-electron chi connectivity index (χ1n) is 12.1. The van der Waals surface area contributed by atoms with Crippen molar-refractivity contribution in [2.24, 2.45) is 0 Å². The van der Waals surface area contributed by atoms with Crippen LogP contribution in [0.2, 0.25) is 0 Å². The average molecular weight is 576 g/mol. The molecule has 1 aliphatic heterocycles. The molecule has 198 valence electrons. The van der Waals surface area contributed by atoms with Crippen molar-refractivity contribution in [1.29, 1.82) is 0 Å². The number of hydrogen-bond acceptors (Lipinski definition) is 8. The fraction of sp³-hybridized carbons (Fsp3) is 0.172. The summed E-state index contributed by atoms with van der Waals surface area (Å²) >= 11 is 8.14. The van der Waals surface area contributed by atoms with Gasteiger partial charge < -0.3 is 9.47 Å². The number of fused-ring (bicyclic) bond motifs is 1. The van der Waals surface area contributed by atoms with Gasteiger partial charge in [-0.15, -0.1) is 0 Å². The second kappa shape index (κ2) is 11.6. The quantitative estimate of drug-likeness (QED) is 0.152. The van der Waals surface area contributed by atoms with Gasteiger partial charge in [0.2, 0.25) is 0 Å². The molecule has 1 fully saturated rings. The van der Waals surface area contributed by atoms with Gasteiger partial charge in [0.15, 0.2) is 11.5 Å². The summed E-state index contributed by atoms with van der Waals surface area (Å²) in [5.74, 6) is 1.04. The molecule has 10 heteroatoms. The van der Waals surface area contributed by atoms with E-state index in [1.165, 1.54) is 27.9 Å². The Kier molecular flexibility index (Phi) is 8.06. The third-order valence-electron chi connectivity index (χ3n) is 6.15. The predicted molar refractivity (Wildman–Crippen MR) is 160 cm³/mol. The molecule has 2 aromatic carbocycles. The van der Waals surface area contributed by atoms with Crippen LogP contribution in [-0.4, -0.2) is 45.3 Å². The smallest absolute Gasteiger partial charge is 0.266 e. The first-order valence-corrected chi connectivity index (χ1v) is 14.1. The fourth-order valence-electron chi connectivity index (χ4n) is 4.14. The zero-order valence-electron chi connectivity index (χ0n) is 21.5. The zero-order valence-corrected chi connectivity index (χ0v) is 24.0. The van der Waals surface area contributed by atoms with Crippen LogP contribution in [0.1, 0.15) is 16.7 Å². The van der Waals surface area contributed by atoms with Gasteiger partial charge in [-0.1, -0.05) is 66.1 Å². The molecule has 0 unspecified atom stereocenters. The van der Waals surface area contributed by atoms with E-state index in [0.29, 0.717) is 49.9 Å². The molecular weight excluding hydrogens is 551 g/mol. The number of carbonyl (C=O) groups excluding carboxylic acids is 1. The standard InChI is InChI=1S/C29H25N3O4S3/c1-18-9-12-25-30-26(38-20-7-5-4-6-8-20)21(27(33)32(25)17-18)16-24-28(34)31(29(37)39-24)14-13-19-10-11-22(35-2)23(15-19)36-3/h4-12,15-17H,13-14H2,1-3H3/b24-16+. The molecule has 5 rings (SSSR count). The Morgan fingerprint density at radius 3 is 2.54 bits per heavy atom. The number of amides is 1. The highest BCUT2D eigenvalue weighted by atomic mass is 32.2. The molecule has 1 saturated heterocycles. The summed E-state index contributed by atoms with van der Waals surface area (Å²) in [6.45, 7) is 2.32. The Labute approximate surface area is 239 Å². The largest absolute Gasteiger partial charge is 0.493 e. The third kappa shape index (κ3) is 5.73. The second-order valence-corrected chi connectivity index (χ2v) is 11.5. The van der Waals surface area contributed by atoms with E-state index in [4.69, 9.17) is 26.7 Å². The van der Waals surface area contributed by atoms with Gasteiger partial charge in [0.05, 0.1) is 24.7 Å². The molecule has 0 radical (unpaired) electrons. The molecule has 0 bridgehead atoms. The topological polar surface area (TPSA) is 73.1 Å². The number of nitrogens with zero attached hydrogens (tertiary/aromatic N) is 3. The number of aromatic nitrogens is 2. The molecule has 0 N–H and O–H groups in total. The van der Waals surface area contributed by atoms with E-state index < -0.39 is 0 Å². The molecule has 0 aliphatic carbocycles. The van der Waals surface area contributed by atoms with Crippen LogP contribution in [0, 0.1) is 6.92 Å². The number of rotatable bonds is 8. The Morgan fingerprint density at radius 1 is 1.03 bits per heavy atom. The van der Waals surface area contributed by atoms with Gasteiger partial charge in [-0.2, -0.15) is 0 Å². The Hall–Kier alpha value is -3.60. The predicted octanol–water partition coefficient (Wildman–Crippen LogP) is 5.62. The Balaban J connectivity index is 1.46. The molecule has 3 heterocycles. The van der Waals surface area contributed by atoms with Crippen molar-refractivity contribution >= 4 is 57.7 Å². The summed E-state index contributed by atoms with van der Waals surface area (Å²) in [5.41, 5.74) is 2.58. The van der Waals surface area contributed by atoms with Crippen molar-refractivity contribution < 1.29 is 14.3 Å². The molecule has 2 aromatic heterocycles. The number of hydrogen-bond donors (Lipinski definition) is 0. The maximum absolute atomic E-state index is 13.6. The Bertz CT molecular complexity index is 1670. The fourth-order valence-corrected chi connectivity index (χ4v) is 6.34. The van der Waals surface area contributed by atoms with Crippen LogP contribution in [0.25, 0.3) is 11.7 Å². The maximum atomic E-state index is 13.6. The van der Waals surface area contributed by atoms with E-state index >= 15 is 0 Å². The van der Waals surface area contributed by atoms with Gasteiger partial charge in [-0.25, -0.2) is 4.98 Å². The van der Waals surface area contributed by atoms with Crippen LogP contribution < -0.4 is 15.0 Å². The number of benzene rings is 2. The Morgan fingerprint density at radius 2 is 1.79 bits per heavy atom. The first-order chi connectivity index (χ1) is 18.9. The summed E-state index contributed by atoms with van der Waals surface area (Å²) in [6.07, 6.45) is 3.97. The maximum Gasteiger partial charge on any atom is 0.266 e.